The van der Waals surface area contributed by atoms with Crippen molar-refractivity contribution >= 4 is 29.2 Å². The van der Waals surface area contributed by atoms with Crippen LogP contribution in [0.25, 0.3) is 0 Å². The van der Waals surface area contributed by atoms with Gasteiger partial charge >= 0.3 is 12.1 Å². The predicted molar refractivity (Wildman–Crippen MR) is 84.5 cm³/mol. The van der Waals surface area contributed by atoms with Crippen molar-refractivity contribution in [3.8, 4) is 0 Å². The molecule has 25 heavy (non-hydrogen) atoms. The molecule has 0 bridgehead atoms. The second kappa shape index (κ2) is 8.91. The number of thioether (sulfide) groups is 1. The summed E-state index contributed by atoms with van der Waals surface area (Å²) < 4.78 is 43.3. The van der Waals surface area contributed by atoms with Gasteiger partial charge in [0.05, 0.1) is 12.2 Å². The lowest BCUT2D eigenvalue weighted by Crippen LogP contribution is -3.00. The summed E-state index contributed by atoms with van der Waals surface area (Å²) in [6.07, 6.45) is -1.43. The Bertz CT molecular complexity index is 744. The Morgan fingerprint density at radius 1 is 1.36 bits per heavy atom. The number of carbonyl (C=O) groups is 1. The summed E-state index contributed by atoms with van der Waals surface area (Å²) in [6.45, 7) is 1.81. The first-order valence-electron chi connectivity index (χ1n) is 6.87. The molecule has 0 aliphatic rings. The highest BCUT2D eigenvalue weighted by Crippen LogP contribution is 2.31. The van der Waals surface area contributed by atoms with Crippen molar-refractivity contribution in [2.45, 2.75) is 18.3 Å². The van der Waals surface area contributed by atoms with Crippen LogP contribution < -0.4 is 17.7 Å². The molecule has 1 aromatic heterocycles. The Kier molecular flexibility index (Phi) is 7.50. The van der Waals surface area contributed by atoms with Crippen molar-refractivity contribution in [3.63, 3.8) is 0 Å². The first kappa shape index (κ1) is 21.0. The average Bonchev–Trinajstić information content (AvgIpc) is 2.54. The molecule has 0 amide bonds. The number of carbonyl (C=O) groups excluding carboxylic acids is 1. The fraction of sp³-hybridized carbons (Fsp3) is 0.267. The molecule has 0 unspecified atom stereocenters. The van der Waals surface area contributed by atoms with Gasteiger partial charge < -0.3 is 22.5 Å². The molecule has 1 aromatic carbocycles. The van der Waals surface area contributed by atoms with Crippen LogP contribution in [0.3, 0.4) is 0 Å². The summed E-state index contributed by atoms with van der Waals surface area (Å²) >= 11 is 1.24. The largest absolute Gasteiger partial charge is 1.00 e. The van der Waals surface area contributed by atoms with Gasteiger partial charge in [-0.05, 0) is 31.4 Å². The second-order valence-electron chi connectivity index (χ2n) is 4.54. The molecule has 136 valence electrons. The van der Waals surface area contributed by atoms with Gasteiger partial charge in [0.1, 0.15) is 11.4 Å². The van der Waals surface area contributed by atoms with E-state index in [2.05, 4.69) is 15.3 Å². The normalized spacial score (nSPS) is 10.8. The number of nitrogens with one attached hydrogen (secondary N) is 1. The molecular weight excluding hydrogens is 379 g/mol. The van der Waals surface area contributed by atoms with E-state index in [1.54, 1.807) is 13.2 Å². The third-order valence-electron chi connectivity index (χ3n) is 2.90. The van der Waals surface area contributed by atoms with Crippen LogP contribution in [0.5, 0.6) is 0 Å². The molecule has 0 saturated heterocycles. The van der Waals surface area contributed by atoms with Gasteiger partial charge in [-0.3, -0.25) is 0 Å². The molecule has 0 atom stereocenters. The smallest absolute Gasteiger partial charge is 0.416 e. The van der Waals surface area contributed by atoms with Crippen molar-refractivity contribution in [1.82, 2.24) is 9.97 Å². The number of esters is 1. The topological polar surface area (TPSA) is 64.1 Å². The van der Waals surface area contributed by atoms with Gasteiger partial charge in [-0.15, -0.1) is 0 Å². The summed E-state index contributed by atoms with van der Waals surface area (Å²) in [6, 6.07) is 4.62. The van der Waals surface area contributed by atoms with Crippen LogP contribution >= 0.6 is 11.8 Å². The highest BCUT2D eigenvalue weighted by Gasteiger charge is 2.30. The molecule has 5 nitrogen and oxygen atoms in total. The van der Waals surface area contributed by atoms with Gasteiger partial charge in [-0.1, -0.05) is 17.8 Å². The molecule has 2 aromatic rings. The maximum atomic E-state index is 12.8. The summed E-state index contributed by atoms with van der Waals surface area (Å²) in [5.41, 5.74) is -0.600. The van der Waals surface area contributed by atoms with E-state index in [0.717, 1.165) is 12.1 Å². The minimum atomic E-state index is -4.46. The maximum absolute atomic E-state index is 12.8. The van der Waals surface area contributed by atoms with Crippen LogP contribution in [0.2, 0.25) is 0 Å². The minimum absolute atomic E-state index is 0. The van der Waals surface area contributed by atoms with Crippen LogP contribution in [0.1, 0.15) is 22.8 Å². The Labute approximate surface area is 152 Å². The van der Waals surface area contributed by atoms with Gasteiger partial charge in [0.25, 0.3) is 0 Å². The number of alkyl halides is 3. The molecular formula is C15H14ClF3N3O2S-. The number of rotatable bonds is 5. The van der Waals surface area contributed by atoms with Crippen LogP contribution in [0, 0.1) is 0 Å². The van der Waals surface area contributed by atoms with Crippen molar-refractivity contribution < 1.29 is 35.1 Å². The van der Waals surface area contributed by atoms with E-state index in [0.29, 0.717) is 5.16 Å². The number of hydrogen-bond acceptors (Lipinski definition) is 6. The Hall–Kier alpha value is -2.00. The van der Waals surface area contributed by atoms with E-state index in [-0.39, 0.29) is 36.1 Å². The summed E-state index contributed by atoms with van der Waals surface area (Å²) in [5, 5.41) is 3.11. The van der Waals surface area contributed by atoms with E-state index in [1.165, 1.54) is 30.1 Å². The van der Waals surface area contributed by atoms with Crippen LogP contribution in [-0.2, 0) is 10.9 Å². The van der Waals surface area contributed by atoms with Crippen molar-refractivity contribution in [1.29, 1.82) is 0 Å². The van der Waals surface area contributed by atoms with Gasteiger partial charge in [-0.25, -0.2) is 14.8 Å². The lowest BCUT2D eigenvalue weighted by atomic mass is 10.2. The number of halogens is 4. The van der Waals surface area contributed by atoms with E-state index in [4.69, 9.17) is 4.74 Å². The van der Waals surface area contributed by atoms with Crippen molar-refractivity contribution in [2.75, 3.05) is 18.2 Å². The zero-order valence-electron chi connectivity index (χ0n) is 13.2. The number of ether oxygens (including phenoxy) is 1. The Morgan fingerprint density at radius 3 is 2.68 bits per heavy atom. The monoisotopic (exact) mass is 392 g/mol. The molecule has 0 spiro atoms. The molecule has 0 saturated carbocycles. The second-order valence-corrected chi connectivity index (χ2v) is 5.32. The summed E-state index contributed by atoms with van der Waals surface area (Å²) in [4.78, 5) is 20.1. The van der Waals surface area contributed by atoms with Gasteiger partial charge in [0.15, 0.2) is 5.16 Å². The van der Waals surface area contributed by atoms with Crippen LogP contribution in [0.4, 0.5) is 24.7 Å². The summed E-state index contributed by atoms with van der Waals surface area (Å²) in [7, 11) is 0. The average molecular weight is 393 g/mol. The SMILES string of the molecule is CCOC(=O)c1cnc(SC)nc1Nc1cccc(C(F)(F)F)c1.[Cl-]. The predicted octanol–water partition coefficient (Wildman–Crippen LogP) is 1.14. The number of benzene rings is 1. The Morgan fingerprint density at radius 2 is 2.08 bits per heavy atom. The highest BCUT2D eigenvalue weighted by atomic mass is 35.5. The Balaban J connectivity index is 0.00000312. The van der Waals surface area contributed by atoms with E-state index in [1.807, 2.05) is 0 Å². The van der Waals surface area contributed by atoms with Gasteiger partial charge in [0.2, 0.25) is 0 Å². The molecule has 2 rings (SSSR count). The third-order valence-corrected chi connectivity index (χ3v) is 3.46. The van der Waals surface area contributed by atoms with Gasteiger partial charge in [-0.2, -0.15) is 13.2 Å². The first-order valence-corrected chi connectivity index (χ1v) is 8.10. The third kappa shape index (κ3) is 5.50. The van der Waals surface area contributed by atoms with Crippen molar-refractivity contribution in [3.05, 3.63) is 41.6 Å². The van der Waals surface area contributed by atoms with E-state index < -0.39 is 17.7 Å². The lowest BCUT2D eigenvalue weighted by molar-refractivity contribution is -0.137. The molecule has 10 heteroatoms. The number of anilines is 2. The number of aromatic nitrogens is 2. The quantitative estimate of drug-likeness (QED) is 0.468. The number of nitrogens with zero attached hydrogens (tertiary/aromatic N) is 2. The fourth-order valence-corrected chi connectivity index (χ4v) is 2.17. The zero-order valence-corrected chi connectivity index (χ0v) is 14.8. The summed E-state index contributed by atoms with van der Waals surface area (Å²) in [5.74, 6) is -0.563. The molecule has 1 heterocycles. The minimum Gasteiger partial charge on any atom is -1.00 e. The molecule has 0 aliphatic carbocycles. The molecule has 0 fully saturated rings. The fourth-order valence-electron chi connectivity index (χ4n) is 1.83. The van der Waals surface area contributed by atoms with Crippen LogP contribution in [0.15, 0.2) is 35.6 Å². The van der Waals surface area contributed by atoms with Crippen molar-refractivity contribution in [2.24, 2.45) is 0 Å². The van der Waals surface area contributed by atoms with Crippen LogP contribution in [-0.4, -0.2) is 28.8 Å². The maximum Gasteiger partial charge on any atom is 0.416 e. The lowest BCUT2D eigenvalue weighted by Gasteiger charge is -2.13. The number of hydrogen-bond donors (Lipinski definition) is 1. The molecule has 0 aliphatic heterocycles. The standard InChI is InChI=1S/C15H14F3N3O2S.ClH/c1-3-23-13(22)11-8-19-14(24-2)21-12(11)20-10-6-4-5-9(7-10)15(16,17)18;/h4-8H,3H2,1-2H3,(H,19,20,21);1H/p-1. The van der Waals surface area contributed by atoms with E-state index >= 15 is 0 Å². The first-order chi connectivity index (χ1) is 11.3. The van der Waals surface area contributed by atoms with E-state index in [9.17, 15) is 18.0 Å². The zero-order chi connectivity index (χ0) is 17.7. The highest BCUT2D eigenvalue weighted by molar-refractivity contribution is 7.98. The molecule has 1 N–H and O–H groups in total. The van der Waals surface area contributed by atoms with Gasteiger partial charge in [0, 0.05) is 11.9 Å². The molecule has 0 radical (unpaired) electrons.